The van der Waals surface area contributed by atoms with Gasteiger partial charge in [-0.1, -0.05) is 60.7 Å². The SMILES string of the molecule is CC(=O)C[C@H](NC(=O)CCCc1ccccc1)C(=O)N(N)CCc1ccccc1. The summed E-state index contributed by atoms with van der Waals surface area (Å²) in [5.74, 6) is 5.03. The minimum Gasteiger partial charge on any atom is -0.344 e. The lowest BCUT2D eigenvalue weighted by Gasteiger charge is -2.23. The van der Waals surface area contributed by atoms with Gasteiger partial charge in [-0.2, -0.15) is 0 Å². The normalized spacial score (nSPS) is 11.5. The van der Waals surface area contributed by atoms with E-state index in [2.05, 4.69) is 5.32 Å². The number of benzene rings is 2. The maximum atomic E-state index is 12.7. The van der Waals surface area contributed by atoms with Crippen molar-refractivity contribution in [1.29, 1.82) is 0 Å². The van der Waals surface area contributed by atoms with E-state index in [4.69, 9.17) is 5.84 Å². The number of nitrogens with two attached hydrogens (primary N) is 1. The molecule has 3 N–H and O–H groups in total. The lowest BCUT2D eigenvalue weighted by Crippen LogP contribution is -2.52. The van der Waals surface area contributed by atoms with Crippen LogP contribution >= 0.6 is 0 Å². The summed E-state index contributed by atoms with van der Waals surface area (Å²) in [6, 6.07) is 18.6. The molecule has 0 radical (unpaired) electrons. The standard InChI is InChI=1S/C23H29N3O3/c1-18(27)17-21(23(29)26(24)16-15-20-11-6-3-7-12-20)25-22(28)14-8-13-19-9-4-2-5-10-19/h2-7,9-12,21H,8,13-17,24H2,1H3,(H,25,28)/t21-/m0/s1. The summed E-state index contributed by atoms with van der Waals surface area (Å²) in [5, 5.41) is 3.77. The Morgan fingerprint density at radius 3 is 2.03 bits per heavy atom. The number of Topliss-reactive ketones (excluding diaryl/α,β-unsaturated/α-hetero) is 1. The van der Waals surface area contributed by atoms with E-state index in [1.165, 1.54) is 6.92 Å². The summed E-state index contributed by atoms with van der Waals surface area (Å²) in [5.41, 5.74) is 2.22. The number of hydrogen-bond acceptors (Lipinski definition) is 4. The summed E-state index contributed by atoms with van der Waals surface area (Å²) in [7, 11) is 0. The molecular formula is C23H29N3O3. The minimum absolute atomic E-state index is 0.0672. The molecule has 0 aliphatic rings. The topological polar surface area (TPSA) is 92.5 Å². The second-order valence-electron chi connectivity index (χ2n) is 7.13. The first-order valence-corrected chi connectivity index (χ1v) is 9.88. The fourth-order valence-corrected chi connectivity index (χ4v) is 3.06. The molecule has 0 heterocycles. The van der Waals surface area contributed by atoms with E-state index in [9.17, 15) is 14.4 Å². The Balaban J connectivity index is 1.85. The van der Waals surface area contributed by atoms with E-state index in [0.29, 0.717) is 19.4 Å². The van der Waals surface area contributed by atoms with Crippen molar-refractivity contribution in [2.75, 3.05) is 6.54 Å². The molecular weight excluding hydrogens is 366 g/mol. The van der Waals surface area contributed by atoms with Gasteiger partial charge in [0.05, 0.1) is 0 Å². The fraction of sp³-hybridized carbons (Fsp3) is 0.348. The molecule has 0 saturated heterocycles. The van der Waals surface area contributed by atoms with Gasteiger partial charge in [0.25, 0.3) is 5.91 Å². The number of carbonyl (C=O) groups is 3. The molecule has 2 aromatic rings. The van der Waals surface area contributed by atoms with Crippen molar-refractivity contribution >= 4 is 17.6 Å². The van der Waals surface area contributed by atoms with Crippen LogP contribution in [0.2, 0.25) is 0 Å². The highest BCUT2D eigenvalue weighted by molar-refractivity contribution is 5.91. The first-order valence-electron chi connectivity index (χ1n) is 9.88. The van der Waals surface area contributed by atoms with E-state index >= 15 is 0 Å². The summed E-state index contributed by atoms with van der Waals surface area (Å²) in [6.45, 7) is 1.70. The van der Waals surface area contributed by atoms with Crippen molar-refractivity contribution in [2.24, 2.45) is 5.84 Å². The molecule has 0 aliphatic carbocycles. The Bertz CT molecular complexity index is 794. The Kier molecular flexibility index (Phi) is 9.05. The van der Waals surface area contributed by atoms with Gasteiger partial charge in [0.1, 0.15) is 11.8 Å². The predicted molar refractivity (Wildman–Crippen MR) is 113 cm³/mol. The zero-order chi connectivity index (χ0) is 21.1. The zero-order valence-electron chi connectivity index (χ0n) is 16.8. The third kappa shape index (κ3) is 8.27. The number of nitrogens with one attached hydrogen (secondary N) is 1. The quantitative estimate of drug-likeness (QED) is 0.347. The van der Waals surface area contributed by atoms with E-state index < -0.39 is 11.9 Å². The van der Waals surface area contributed by atoms with Crippen molar-refractivity contribution in [3.05, 3.63) is 71.8 Å². The van der Waals surface area contributed by atoms with Gasteiger partial charge in [-0.15, -0.1) is 0 Å². The summed E-state index contributed by atoms with van der Waals surface area (Å²) in [6.07, 6.45) is 2.26. The number of rotatable bonds is 11. The van der Waals surface area contributed by atoms with Crippen LogP contribution in [0.5, 0.6) is 0 Å². The molecule has 0 aliphatic heterocycles. The van der Waals surface area contributed by atoms with E-state index in [1.54, 1.807) is 0 Å². The van der Waals surface area contributed by atoms with Crippen LogP contribution in [0.25, 0.3) is 0 Å². The zero-order valence-corrected chi connectivity index (χ0v) is 16.8. The van der Waals surface area contributed by atoms with Crippen LogP contribution in [0.4, 0.5) is 0 Å². The summed E-state index contributed by atoms with van der Waals surface area (Å²) < 4.78 is 0. The van der Waals surface area contributed by atoms with E-state index in [-0.39, 0.29) is 24.5 Å². The molecule has 2 rings (SSSR count). The smallest absolute Gasteiger partial charge is 0.259 e. The molecule has 0 aromatic heterocycles. The van der Waals surface area contributed by atoms with E-state index in [0.717, 1.165) is 22.6 Å². The van der Waals surface area contributed by atoms with Crippen LogP contribution in [0, 0.1) is 0 Å². The molecule has 1 atom stereocenters. The lowest BCUT2D eigenvalue weighted by molar-refractivity contribution is -0.138. The van der Waals surface area contributed by atoms with Gasteiger partial charge < -0.3 is 5.32 Å². The Hall–Kier alpha value is -2.99. The van der Waals surface area contributed by atoms with Crippen LogP contribution in [0.3, 0.4) is 0 Å². The Morgan fingerprint density at radius 2 is 1.48 bits per heavy atom. The average Bonchev–Trinajstić information content (AvgIpc) is 2.72. The van der Waals surface area contributed by atoms with E-state index in [1.807, 2.05) is 60.7 Å². The highest BCUT2D eigenvalue weighted by Gasteiger charge is 2.25. The second kappa shape index (κ2) is 11.8. The Labute approximate surface area is 172 Å². The molecule has 0 unspecified atom stereocenters. The number of amides is 2. The number of aryl methyl sites for hydroxylation is 1. The molecule has 0 fully saturated rings. The number of hydrazine groups is 1. The number of nitrogens with zero attached hydrogens (tertiary/aromatic N) is 1. The van der Waals surface area contributed by atoms with Crippen molar-refractivity contribution in [1.82, 2.24) is 10.3 Å². The fourth-order valence-electron chi connectivity index (χ4n) is 3.06. The van der Waals surface area contributed by atoms with Crippen LogP contribution in [-0.2, 0) is 27.2 Å². The highest BCUT2D eigenvalue weighted by atomic mass is 16.2. The minimum atomic E-state index is -0.933. The second-order valence-corrected chi connectivity index (χ2v) is 7.13. The monoisotopic (exact) mass is 395 g/mol. The molecule has 6 heteroatoms. The van der Waals surface area contributed by atoms with Crippen LogP contribution in [0.15, 0.2) is 60.7 Å². The number of carbonyl (C=O) groups excluding carboxylic acids is 3. The van der Waals surface area contributed by atoms with Gasteiger partial charge in [0.2, 0.25) is 5.91 Å². The first-order chi connectivity index (χ1) is 14.0. The number of hydrogen-bond donors (Lipinski definition) is 2. The maximum absolute atomic E-state index is 12.7. The van der Waals surface area contributed by atoms with Gasteiger partial charge in [-0.05, 0) is 37.3 Å². The molecule has 6 nitrogen and oxygen atoms in total. The first kappa shape index (κ1) is 22.3. The van der Waals surface area contributed by atoms with Crippen molar-refractivity contribution in [2.45, 2.75) is 45.1 Å². The van der Waals surface area contributed by atoms with Gasteiger partial charge in [0.15, 0.2) is 0 Å². The molecule has 0 spiro atoms. The molecule has 0 bridgehead atoms. The number of ketones is 1. The van der Waals surface area contributed by atoms with Crippen LogP contribution in [0.1, 0.15) is 37.3 Å². The molecule has 29 heavy (non-hydrogen) atoms. The van der Waals surface area contributed by atoms with Crippen LogP contribution in [-0.4, -0.2) is 35.2 Å². The van der Waals surface area contributed by atoms with Crippen LogP contribution < -0.4 is 11.2 Å². The van der Waals surface area contributed by atoms with Gasteiger partial charge in [-0.25, -0.2) is 5.84 Å². The third-order valence-corrected chi connectivity index (χ3v) is 4.60. The molecule has 154 valence electrons. The van der Waals surface area contributed by atoms with Gasteiger partial charge >= 0.3 is 0 Å². The molecule has 0 saturated carbocycles. The highest BCUT2D eigenvalue weighted by Crippen LogP contribution is 2.06. The third-order valence-electron chi connectivity index (χ3n) is 4.60. The summed E-state index contributed by atoms with van der Waals surface area (Å²) >= 11 is 0. The molecule has 2 amide bonds. The predicted octanol–water partition coefficient (Wildman–Crippen LogP) is 2.42. The maximum Gasteiger partial charge on any atom is 0.259 e. The van der Waals surface area contributed by atoms with Gasteiger partial charge in [0, 0.05) is 19.4 Å². The largest absolute Gasteiger partial charge is 0.344 e. The summed E-state index contributed by atoms with van der Waals surface area (Å²) in [4.78, 5) is 36.5. The Morgan fingerprint density at radius 1 is 0.931 bits per heavy atom. The average molecular weight is 396 g/mol. The van der Waals surface area contributed by atoms with Crippen molar-refractivity contribution in [3.8, 4) is 0 Å². The lowest BCUT2D eigenvalue weighted by atomic mass is 10.1. The van der Waals surface area contributed by atoms with Gasteiger partial charge in [-0.3, -0.25) is 19.4 Å². The van der Waals surface area contributed by atoms with Crippen molar-refractivity contribution in [3.63, 3.8) is 0 Å². The molecule has 2 aromatic carbocycles. The van der Waals surface area contributed by atoms with Crippen molar-refractivity contribution < 1.29 is 14.4 Å².